The van der Waals surface area contributed by atoms with E-state index in [1.54, 1.807) is 0 Å². The fourth-order valence-corrected chi connectivity index (χ4v) is 3.71. The molecular formula is C17H24Cl2N4. The topological polar surface area (TPSA) is 35.7 Å². The Hall–Kier alpha value is -0.940. The van der Waals surface area contributed by atoms with Crippen LogP contribution in [0.25, 0.3) is 0 Å². The highest BCUT2D eigenvalue weighted by Gasteiger charge is 2.26. The molecule has 0 unspecified atom stereocenters. The van der Waals surface area contributed by atoms with Gasteiger partial charge in [0.15, 0.2) is 0 Å². The maximum Gasteiger partial charge on any atom is 0.102 e. The Labute approximate surface area is 148 Å². The predicted octanol–water partition coefficient (Wildman–Crippen LogP) is 2.96. The fraction of sp³-hybridized carbons (Fsp3) is 0.529. The summed E-state index contributed by atoms with van der Waals surface area (Å²) in [7, 11) is 2.13. The number of hydrogen-bond donors (Lipinski definition) is 1. The van der Waals surface area contributed by atoms with Crippen LogP contribution in [0.15, 0.2) is 30.1 Å². The molecular weight excluding hydrogens is 331 g/mol. The monoisotopic (exact) mass is 354 g/mol. The second-order valence-electron chi connectivity index (χ2n) is 6.52. The van der Waals surface area contributed by atoms with Gasteiger partial charge >= 0.3 is 0 Å². The minimum absolute atomic E-state index is 0.265. The van der Waals surface area contributed by atoms with Crippen molar-refractivity contribution < 1.29 is 0 Å². The molecule has 2 aliphatic heterocycles. The van der Waals surface area contributed by atoms with Crippen LogP contribution >= 0.6 is 23.2 Å². The number of hydrogen-bond acceptors (Lipinski definition) is 4. The zero-order chi connectivity index (χ0) is 16.4. The SMILES string of the molecule is CN1CC=C(N2CCC[C@@H](N)C2)N(Cc2cc(Cl)ccc2Cl)C1. The fourth-order valence-electron chi connectivity index (χ4n) is 3.34. The quantitative estimate of drug-likeness (QED) is 0.904. The smallest absolute Gasteiger partial charge is 0.102 e. The molecule has 1 atom stereocenters. The molecule has 0 bridgehead atoms. The van der Waals surface area contributed by atoms with Crippen molar-refractivity contribution in [1.82, 2.24) is 14.7 Å². The van der Waals surface area contributed by atoms with Crippen molar-refractivity contribution in [3.63, 3.8) is 0 Å². The molecule has 6 heteroatoms. The van der Waals surface area contributed by atoms with Crippen LogP contribution in [0.5, 0.6) is 0 Å². The highest BCUT2D eigenvalue weighted by Crippen LogP contribution is 2.27. The third-order valence-electron chi connectivity index (χ3n) is 4.47. The summed E-state index contributed by atoms with van der Waals surface area (Å²) in [4.78, 5) is 7.06. The van der Waals surface area contributed by atoms with E-state index in [4.69, 9.17) is 28.9 Å². The standard InChI is InChI=1S/C17H24Cl2N4/c1-21-8-6-17(22-7-2-3-15(20)11-22)23(12-21)10-13-9-14(18)4-5-16(13)19/h4-6,9,15H,2-3,7-8,10-12,20H2,1H3/t15-/m1/s1. The highest BCUT2D eigenvalue weighted by molar-refractivity contribution is 6.33. The van der Waals surface area contributed by atoms with Gasteiger partial charge in [0, 0.05) is 42.3 Å². The predicted molar refractivity (Wildman–Crippen MR) is 96.4 cm³/mol. The number of piperidine rings is 1. The first-order chi connectivity index (χ1) is 11.0. The number of nitrogens with zero attached hydrogens (tertiary/aromatic N) is 3. The third-order valence-corrected chi connectivity index (χ3v) is 5.08. The molecule has 0 radical (unpaired) electrons. The van der Waals surface area contributed by atoms with Crippen LogP contribution in [0.3, 0.4) is 0 Å². The van der Waals surface area contributed by atoms with Gasteiger partial charge in [-0.05, 0) is 49.7 Å². The zero-order valence-electron chi connectivity index (χ0n) is 13.5. The molecule has 1 fully saturated rings. The van der Waals surface area contributed by atoms with Gasteiger partial charge in [-0.25, -0.2) is 0 Å². The summed E-state index contributed by atoms with van der Waals surface area (Å²) in [5.41, 5.74) is 7.22. The van der Waals surface area contributed by atoms with Gasteiger partial charge < -0.3 is 15.5 Å². The summed E-state index contributed by atoms with van der Waals surface area (Å²) < 4.78 is 0. The summed E-state index contributed by atoms with van der Waals surface area (Å²) in [6.45, 7) is 4.58. The van der Waals surface area contributed by atoms with E-state index >= 15 is 0 Å². The van der Waals surface area contributed by atoms with Crippen molar-refractivity contribution in [2.45, 2.75) is 25.4 Å². The van der Waals surface area contributed by atoms with Gasteiger partial charge in [-0.2, -0.15) is 0 Å². The number of nitrogens with two attached hydrogens (primary N) is 1. The first kappa shape index (κ1) is 16.9. The summed E-state index contributed by atoms with van der Waals surface area (Å²) >= 11 is 12.5. The molecule has 0 aliphatic carbocycles. The Balaban J connectivity index is 1.81. The lowest BCUT2D eigenvalue weighted by Crippen LogP contribution is -2.50. The Morgan fingerprint density at radius 1 is 1.30 bits per heavy atom. The van der Waals surface area contributed by atoms with Crippen molar-refractivity contribution >= 4 is 23.2 Å². The van der Waals surface area contributed by atoms with Crippen LogP contribution in [-0.4, -0.2) is 54.1 Å². The van der Waals surface area contributed by atoms with E-state index in [0.29, 0.717) is 0 Å². The van der Waals surface area contributed by atoms with E-state index in [1.165, 1.54) is 5.82 Å². The van der Waals surface area contributed by atoms with Crippen LogP contribution < -0.4 is 5.73 Å². The summed E-state index contributed by atoms with van der Waals surface area (Å²) in [6, 6.07) is 5.92. The molecule has 0 spiro atoms. The Bertz CT molecular complexity index is 590. The Kier molecular flexibility index (Phi) is 5.37. The van der Waals surface area contributed by atoms with Gasteiger partial charge in [-0.3, -0.25) is 4.90 Å². The second kappa shape index (κ2) is 7.31. The van der Waals surface area contributed by atoms with Crippen LogP contribution in [0, 0.1) is 0 Å². The summed E-state index contributed by atoms with van der Waals surface area (Å²) in [5, 5.41) is 1.48. The minimum atomic E-state index is 0.265. The van der Waals surface area contributed by atoms with Gasteiger partial charge in [0.2, 0.25) is 0 Å². The molecule has 2 heterocycles. The lowest BCUT2D eigenvalue weighted by molar-refractivity contribution is 0.105. The molecule has 0 amide bonds. The molecule has 1 aromatic carbocycles. The van der Waals surface area contributed by atoms with Crippen molar-refractivity contribution in [1.29, 1.82) is 0 Å². The van der Waals surface area contributed by atoms with Crippen LogP contribution in [0.2, 0.25) is 10.0 Å². The molecule has 0 saturated carbocycles. The zero-order valence-corrected chi connectivity index (χ0v) is 15.0. The van der Waals surface area contributed by atoms with E-state index < -0.39 is 0 Å². The van der Waals surface area contributed by atoms with E-state index in [0.717, 1.165) is 61.3 Å². The van der Waals surface area contributed by atoms with Crippen LogP contribution in [-0.2, 0) is 6.54 Å². The number of rotatable bonds is 3. The van der Waals surface area contributed by atoms with Crippen molar-refractivity contribution in [2.75, 3.05) is 33.4 Å². The number of likely N-dealkylation sites (tertiary alicyclic amines) is 1. The van der Waals surface area contributed by atoms with Crippen molar-refractivity contribution in [3.8, 4) is 0 Å². The molecule has 23 heavy (non-hydrogen) atoms. The van der Waals surface area contributed by atoms with Gasteiger partial charge in [0.25, 0.3) is 0 Å². The number of likely N-dealkylation sites (N-methyl/N-ethyl adjacent to an activating group) is 1. The van der Waals surface area contributed by atoms with Crippen LogP contribution in [0.1, 0.15) is 18.4 Å². The molecule has 4 nitrogen and oxygen atoms in total. The van der Waals surface area contributed by atoms with Gasteiger partial charge in [-0.15, -0.1) is 0 Å². The Morgan fingerprint density at radius 3 is 2.91 bits per heavy atom. The molecule has 1 aromatic rings. The maximum atomic E-state index is 6.36. The summed E-state index contributed by atoms with van der Waals surface area (Å²) in [6.07, 6.45) is 4.56. The first-order valence-corrected chi connectivity index (χ1v) is 8.86. The average Bonchev–Trinajstić information content (AvgIpc) is 2.51. The van der Waals surface area contributed by atoms with Gasteiger partial charge in [-0.1, -0.05) is 23.2 Å². The minimum Gasteiger partial charge on any atom is -0.357 e. The Morgan fingerprint density at radius 2 is 2.13 bits per heavy atom. The number of halogens is 2. The van der Waals surface area contributed by atoms with E-state index in [-0.39, 0.29) is 6.04 Å². The molecule has 0 aromatic heterocycles. The lowest BCUT2D eigenvalue weighted by atomic mass is 10.1. The van der Waals surface area contributed by atoms with Crippen molar-refractivity contribution in [3.05, 3.63) is 45.7 Å². The lowest BCUT2D eigenvalue weighted by Gasteiger charge is -2.43. The maximum absolute atomic E-state index is 6.36. The molecule has 2 N–H and O–H groups in total. The van der Waals surface area contributed by atoms with E-state index in [9.17, 15) is 0 Å². The second-order valence-corrected chi connectivity index (χ2v) is 7.37. The molecule has 126 valence electrons. The summed E-state index contributed by atoms with van der Waals surface area (Å²) in [5.74, 6) is 1.27. The highest BCUT2D eigenvalue weighted by atomic mass is 35.5. The first-order valence-electron chi connectivity index (χ1n) is 8.11. The molecule has 3 rings (SSSR count). The van der Waals surface area contributed by atoms with Crippen LogP contribution in [0.4, 0.5) is 0 Å². The van der Waals surface area contributed by atoms with E-state index in [1.807, 2.05) is 18.2 Å². The number of benzene rings is 1. The largest absolute Gasteiger partial charge is 0.357 e. The van der Waals surface area contributed by atoms with E-state index in [2.05, 4.69) is 27.8 Å². The van der Waals surface area contributed by atoms with Gasteiger partial charge in [0.1, 0.15) is 5.82 Å². The molecule has 2 aliphatic rings. The third kappa shape index (κ3) is 4.13. The van der Waals surface area contributed by atoms with Gasteiger partial charge in [0.05, 0.1) is 6.67 Å². The molecule has 1 saturated heterocycles. The van der Waals surface area contributed by atoms with Crippen molar-refractivity contribution in [2.24, 2.45) is 5.73 Å². The normalized spacial score (nSPS) is 23.1. The average molecular weight is 355 g/mol.